The van der Waals surface area contributed by atoms with Gasteiger partial charge in [0.1, 0.15) is 12.4 Å². The van der Waals surface area contributed by atoms with Crippen molar-refractivity contribution in [1.82, 2.24) is 9.55 Å². The van der Waals surface area contributed by atoms with Crippen molar-refractivity contribution in [3.63, 3.8) is 0 Å². The maximum atomic E-state index is 9.81. The van der Waals surface area contributed by atoms with E-state index in [1.54, 1.807) is 0 Å². The van der Waals surface area contributed by atoms with Gasteiger partial charge in [-0.1, -0.05) is 31.2 Å². The lowest BCUT2D eigenvalue weighted by molar-refractivity contribution is 0.0883. The lowest BCUT2D eigenvalue weighted by Crippen LogP contribution is -2.22. The Hall–Kier alpha value is -0.153. The highest BCUT2D eigenvalue weighted by molar-refractivity contribution is 14.1. The van der Waals surface area contributed by atoms with Gasteiger partial charge in [-0.3, -0.25) is 4.57 Å². The molecule has 25 heavy (non-hydrogen) atoms. The number of fused-ring (bicyclic) bond motifs is 1. The highest BCUT2D eigenvalue weighted by Gasteiger charge is 2.27. The third-order valence-corrected chi connectivity index (χ3v) is 7.91. The molecule has 2 unspecified atom stereocenters. The van der Waals surface area contributed by atoms with Gasteiger partial charge in [-0.25, -0.2) is 4.98 Å². The van der Waals surface area contributed by atoms with Crippen LogP contribution in [0.15, 0.2) is 12.3 Å². The smallest absolute Gasteiger partial charge is 0.144 e. The zero-order valence-electron chi connectivity index (χ0n) is 15.1. The summed E-state index contributed by atoms with van der Waals surface area (Å²) in [5, 5.41) is 11.6. The fraction of sp³-hybridized carbons (Fsp3) is 0.611. The summed E-state index contributed by atoms with van der Waals surface area (Å²) >= 11 is 9.02. The van der Waals surface area contributed by atoms with Gasteiger partial charge in [0.15, 0.2) is 0 Å². The van der Waals surface area contributed by atoms with Crippen LogP contribution in [0.1, 0.15) is 30.7 Å². The predicted octanol–water partition coefficient (Wildman–Crippen LogP) is 5.24. The van der Waals surface area contributed by atoms with Crippen molar-refractivity contribution in [1.29, 1.82) is 0 Å². The molecule has 1 N–H and O–H groups in total. The molecule has 0 radical (unpaired) electrons. The number of ether oxygens (including phenoxy) is 1. The van der Waals surface area contributed by atoms with E-state index in [2.05, 4.69) is 57.8 Å². The number of aromatic nitrogens is 2. The Morgan fingerprint density at radius 2 is 2.16 bits per heavy atom. The van der Waals surface area contributed by atoms with Crippen molar-refractivity contribution in [3.8, 4) is 0 Å². The average molecular weight is 493 g/mol. The zero-order valence-corrected chi connectivity index (χ0v) is 19.0. The largest absolute Gasteiger partial charge is 0.393 e. The number of nitrogens with zero attached hydrogens (tertiary/aromatic N) is 2. The van der Waals surface area contributed by atoms with E-state index >= 15 is 0 Å². The van der Waals surface area contributed by atoms with Gasteiger partial charge in [0, 0.05) is 26.3 Å². The Kier molecular flexibility index (Phi) is 6.15. The highest BCUT2D eigenvalue weighted by Crippen LogP contribution is 2.40. The summed E-state index contributed by atoms with van der Waals surface area (Å²) < 4.78 is 9.07. The van der Waals surface area contributed by atoms with Crippen LogP contribution in [0.25, 0.3) is 11.0 Å². The van der Waals surface area contributed by atoms with Crippen LogP contribution in [0.4, 0.5) is 0 Å². The van der Waals surface area contributed by atoms with Crippen molar-refractivity contribution >= 4 is 53.3 Å². The molecule has 1 saturated carbocycles. The van der Waals surface area contributed by atoms with Crippen LogP contribution in [0.3, 0.4) is 0 Å². The van der Waals surface area contributed by atoms with Gasteiger partial charge >= 0.3 is 0 Å². The third-order valence-electron chi connectivity index (χ3n) is 4.90. The van der Waals surface area contributed by atoms with Gasteiger partial charge in [-0.15, -0.1) is 0 Å². The molecule has 2 atom stereocenters. The molecule has 138 valence electrons. The van der Waals surface area contributed by atoms with Gasteiger partial charge in [0.05, 0.1) is 14.8 Å². The zero-order chi connectivity index (χ0) is 18.2. The molecule has 1 aliphatic carbocycles. The quantitative estimate of drug-likeness (QED) is 0.341. The standard InChI is InChI=1S/C18H26ClIN2O2Si/c1-25(2,3)7-6-24-11-22-16(20)9-14-17(19)15(10-21-18(14)22)12-4-5-13(23)8-12/h9-10,12-13,23H,4-8,11H2,1-3H3. The number of halogens is 2. The molecular formula is C18H26ClIN2O2Si. The molecule has 2 aromatic heterocycles. The van der Waals surface area contributed by atoms with Crippen molar-refractivity contribution in [2.45, 2.75) is 63.7 Å². The Balaban J connectivity index is 1.79. The van der Waals surface area contributed by atoms with Crippen LogP contribution in [0.2, 0.25) is 30.7 Å². The second-order valence-electron chi connectivity index (χ2n) is 8.17. The van der Waals surface area contributed by atoms with Crippen LogP contribution < -0.4 is 0 Å². The summed E-state index contributed by atoms with van der Waals surface area (Å²) in [6.45, 7) is 8.37. The molecule has 4 nitrogen and oxygen atoms in total. The SMILES string of the molecule is C[Si](C)(C)CCOCn1c(I)cc2c(Cl)c(C3CCC(O)C3)cnc21. The molecule has 0 amide bonds. The highest BCUT2D eigenvalue weighted by atomic mass is 127. The molecular weight excluding hydrogens is 467 g/mol. The molecule has 0 aromatic carbocycles. The topological polar surface area (TPSA) is 47.3 Å². The first kappa shape index (κ1) is 19.6. The summed E-state index contributed by atoms with van der Waals surface area (Å²) in [7, 11) is -1.08. The summed E-state index contributed by atoms with van der Waals surface area (Å²) in [5.41, 5.74) is 1.95. The van der Waals surface area contributed by atoms with Gasteiger partial charge in [0.25, 0.3) is 0 Å². The van der Waals surface area contributed by atoms with E-state index in [-0.39, 0.29) is 6.10 Å². The van der Waals surface area contributed by atoms with Crippen LogP contribution in [-0.4, -0.2) is 35.4 Å². The van der Waals surface area contributed by atoms with E-state index in [4.69, 9.17) is 16.3 Å². The second kappa shape index (κ2) is 7.84. The summed E-state index contributed by atoms with van der Waals surface area (Å²) in [4.78, 5) is 4.68. The molecule has 3 rings (SSSR count). The van der Waals surface area contributed by atoms with Gasteiger partial charge in [-0.2, -0.15) is 0 Å². The lowest BCUT2D eigenvalue weighted by atomic mass is 9.98. The average Bonchev–Trinajstić information content (AvgIpc) is 3.08. The van der Waals surface area contributed by atoms with Gasteiger partial charge in [-0.05, 0) is 65.4 Å². The van der Waals surface area contributed by atoms with Crippen LogP contribution in [0, 0.1) is 3.70 Å². The number of hydrogen-bond donors (Lipinski definition) is 1. The number of hydrogen-bond acceptors (Lipinski definition) is 3. The first-order chi connectivity index (χ1) is 11.8. The number of pyridine rings is 1. The van der Waals surface area contributed by atoms with Crippen LogP contribution in [-0.2, 0) is 11.5 Å². The fourth-order valence-electron chi connectivity index (χ4n) is 3.33. The molecule has 0 spiro atoms. The summed E-state index contributed by atoms with van der Waals surface area (Å²) in [5.74, 6) is 0.313. The maximum Gasteiger partial charge on any atom is 0.144 e. The second-order valence-corrected chi connectivity index (χ2v) is 15.3. The lowest BCUT2D eigenvalue weighted by Gasteiger charge is -2.16. The van der Waals surface area contributed by atoms with Crippen molar-refractivity contribution in [2.75, 3.05) is 6.61 Å². The predicted molar refractivity (Wildman–Crippen MR) is 114 cm³/mol. The van der Waals surface area contributed by atoms with E-state index < -0.39 is 8.07 Å². The molecule has 2 heterocycles. The molecule has 0 bridgehead atoms. The Labute approximate surface area is 169 Å². The van der Waals surface area contributed by atoms with Crippen LogP contribution >= 0.6 is 34.2 Å². The normalized spacial score (nSPS) is 21.4. The van der Waals surface area contributed by atoms with Crippen molar-refractivity contribution in [2.24, 2.45) is 0 Å². The summed E-state index contributed by atoms with van der Waals surface area (Å²) in [6, 6.07) is 3.24. The first-order valence-electron chi connectivity index (χ1n) is 8.85. The Morgan fingerprint density at radius 3 is 2.80 bits per heavy atom. The van der Waals surface area contributed by atoms with E-state index in [1.807, 2.05) is 6.20 Å². The number of rotatable bonds is 6. The Morgan fingerprint density at radius 1 is 1.40 bits per heavy atom. The summed E-state index contributed by atoms with van der Waals surface area (Å²) in [6.07, 6.45) is 4.29. The van der Waals surface area contributed by atoms with Gasteiger partial charge in [0.2, 0.25) is 0 Å². The van der Waals surface area contributed by atoms with Crippen LogP contribution in [0.5, 0.6) is 0 Å². The first-order valence-corrected chi connectivity index (χ1v) is 14.0. The third kappa shape index (κ3) is 4.58. The maximum absolute atomic E-state index is 9.81. The van der Waals surface area contributed by atoms with E-state index in [1.165, 1.54) is 0 Å². The van der Waals surface area contributed by atoms with E-state index in [0.717, 1.165) is 57.2 Å². The monoisotopic (exact) mass is 492 g/mol. The number of aliphatic hydroxyl groups excluding tert-OH is 1. The Bertz CT molecular complexity index is 760. The molecule has 1 aliphatic rings. The molecule has 7 heteroatoms. The van der Waals surface area contributed by atoms with E-state index in [0.29, 0.717) is 12.6 Å². The molecule has 2 aromatic rings. The molecule has 1 fully saturated rings. The molecule has 0 aliphatic heterocycles. The minimum Gasteiger partial charge on any atom is -0.393 e. The number of aliphatic hydroxyl groups is 1. The van der Waals surface area contributed by atoms with E-state index in [9.17, 15) is 5.11 Å². The van der Waals surface area contributed by atoms with Crippen molar-refractivity contribution in [3.05, 3.63) is 26.5 Å². The fourth-order valence-corrected chi connectivity index (χ4v) is 5.11. The molecule has 0 saturated heterocycles. The van der Waals surface area contributed by atoms with Gasteiger partial charge < -0.3 is 9.84 Å². The minimum absolute atomic E-state index is 0.207. The van der Waals surface area contributed by atoms with Crippen molar-refractivity contribution < 1.29 is 9.84 Å². The minimum atomic E-state index is -1.08.